The maximum atomic E-state index is 5.60. The third-order valence-corrected chi connectivity index (χ3v) is 2.44. The fourth-order valence-electron chi connectivity index (χ4n) is 1.59. The van der Waals surface area contributed by atoms with Gasteiger partial charge in [0, 0.05) is 0 Å². The Morgan fingerprint density at radius 1 is 1.27 bits per heavy atom. The quantitative estimate of drug-likeness (QED) is 0.750. The molecule has 1 aliphatic rings. The molecule has 0 N–H and O–H groups in total. The fraction of sp³-hybridized carbons (Fsp3) is 0.385. The molecule has 0 aliphatic carbocycles. The monoisotopic (exact) mass is 204 g/mol. The van der Waals surface area contributed by atoms with Crippen molar-refractivity contribution in [1.29, 1.82) is 0 Å². The molecule has 1 atom stereocenters. The molecule has 1 aromatic rings. The van der Waals surface area contributed by atoms with Crippen LogP contribution in [0.1, 0.15) is 18.4 Å². The topological polar surface area (TPSA) is 18.5 Å². The highest BCUT2D eigenvalue weighted by molar-refractivity contribution is 5.13. The molecular weight excluding hydrogens is 188 g/mol. The molecule has 2 heteroatoms. The lowest BCUT2D eigenvalue weighted by molar-refractivity contribution is 0.0109. The summed E-state index contributed by atoms with van der Waals surface area (Å²) in [4.78, 5) is 0. The van der Waals surface area contributed by atoms with E-state index in [0.717, 1.165) is 12.8 Å². The van der Waals surface area contributed by atoms with Crippen molar-refractivity contribution in [2.45, 2.75) is 25.6 Å². The highest BCUT2D eigenvalue weighted by atomic mass is 16.5. The molecule has 0 unspecified atom stereocenters. The van der Waals surface area contributed by atoms with Gasteiger partial charge in [-0.05, 0) is 24.5 Å². The Kier molecular flexibility index (Phi) is 3.80. The largest absolute Gasteiger partial charge is 0.496 e. The lowest BCUT2D eigenvalue weighted by atomic mass is 10.2. The molecule has 80 valence electrons. The van der Waals surface area contributed by atoms with Crippen molar-refractivity contribution in [3.63, 3.8) is 0 Å². The van der Waals surface area contributed by atoms with Crippen LogP contribution in [0.2, 0.25) is 0 Å². The number of ether oxygens (including phenoxy) is 2. The van der Waals surface area contributed by atoms with Crippen LogP contribution in [0.3, 0.4) is 0 Å². The second-order valence-corrected chi connectivity index (χ2v) is 3.71. The van der Waals surface area contributed by atoms with Crippen molar-refractivity contribution in [3.05, 3.63) is 48.2 Å². The number of rotatable bonds is 4. The third kappa shape index (κ3) is 3.40. The van der Waals surface area contributed by atoms with Crippen molar-refractivity contribution < 1.29 is 9.47 Å². The smallest absolute Gasteiger partial charge is 0.121 e. The zero-order valence-corrected chi connectivity index (χ0v) is 8.76. The Labute approximate surface area is 90.5 Å². The van der Waals surface area contributed by atoms with Gasteiger partial charge in [0.2, 0.25) is 0 Å². The van der Waals surface area contributed by atoms with Crippen molar-refractivity contribution in [2.75, 3.05) is 6.61 Å². The molecule has 0 fully saturated rings. The zero-order chi connectivity index (χ0) is 10.3. The van der Waals surface area contributed by atoms with E-state index in [2.05, 4.69) is 12.1 Å². The average molecular weight is 204 g/mol. The summed E-state index contributed by atoms with van der Waals surface area (Å²) in [5.74, 6) is 0. The number of allylic oxidation sites excluding steroid dienone is 1. The van der Waals surface area contributed by atoms with Gasteiger partial charge in [0.1, 0.15) is 6.10 Å². The van der Waals surface area contributed by atoms with E-state index in [4.69, 9.17) is 9.47 Å². The first kappa shape index (κ1) is 10.2. The van der Waals surface area contributed by atoms with Crippen LogP contribution in [0.25, 0.3) is 0 Å². The van der Waals surface area contributed by atoms with E-state index in [1.165, 1.54) is 5.56 Å². The zero-order valence-electron chi connectivity index (χ0n) is 8.76. The second-order valence-electron chi connectivity index (χ2n) is 3.71. The minimum atomic E-state index is 0.235. The first-order valence-corrected chi connectivity index (χ1v) is 5.37. The Bertz CT molecular complexity index is 306. The Morgan fingerprint density at radius 3 is 2.87 bits per heavy atom. The lowest BCUT2D eigenvalue weighted by Gasteiger charge is -2.19. The van der Waals surface area contributed by atoms with Gasteiger partial charge in [0.25, 0.3) is 0 Å². The summed E-state index contributed by atoms with van der Waals surface area (Å²) in [6, 6.07) is 10.2. The molecule has 2 rings (SSSR count). The molecule has 0 spiro atoms. The molecule has 0 bridgehead atoms. The number of hydrogen-bond donors (Lipinski definition) is 0. The molecule has 15 heavy (non-hydrogen) atoms. The summed E-state index contributed by atoms with van der Waals surface area (Å²) in [5, 5.41) is 0. The Morgan fingerprint density at radius 2 is 2.13 bits per heavy atom. The van der Waals surface area contributed by atoms with E-state index in [1.807, 2.05) is 24.3 Å². The predicted octanol–water partition coefficient (Wildman–Crippen LogP) is 2.90. The molecular formula is C13H16O2. The highest BCUT2D eigenvalue weighted by Crippen LogP contribution is 2.11. The molecule has 0 amide bonds. The van der Waals surface area contributed by atoms with Crippen LogP contribution in [0.4, 0.5) is 0 Å². The van der Waals surface area contributed by atoms with Crippen LogP contribution in [0.5, 0.6) is 0 Å². The summed E-state index contributed by atoms with van der Waals surface area (Å²) in [6.45, 7) is 1.35. The van der Waals surface area contributed by atoms with Crippen LogP contribution in [0.15, 0.2) is 42.7 Å². The van der Waals surface area contributed by atoms with Crippen LogP contribution in [-0.4, -0.2) is 12.7 Å². The minimum Gasteiger partial charge on any atom is -0.496 e. The van der Waals surface area contributed by atoms with Crippen LogP contribution in [0, 0.1) is 0 Å². The molecule has 0 saturated heterocycles. The first-order valence-electron chi connectivity index (χ1n) is 5.37. The van der Waals surface area contributed by atoms with Crippen LogP contribution < -0.4 is 0 Å². The minimum absolute atomic E-state index is 0.235. The summed E-state index contributed by atoms with van der Waals surface area (Å²) in [6.07, 6.45) is 6.22. The van der Waals surface area contributed by atoms with E-state index in [9.17, 15) is 0 Å². The van der Waals surface area contributed by atoms with Gasteiger partial charge in [-0.2, -0.15) is 0 Å². The van der Waals surface area contributed by atoms with Gasteiger partial charge in [-0.3, -0.25) is 0 Å². The molecule has 2 nitrogen and oxygen atoms in total. The molecule has 0 aromatic heterocycles. The fourth-order valence-corrected chi connectivity index (χ4v) is 1.59. The predicted molar refractivity (Wildman–Crippen MR) is 59.3 cm³/mol. The maximum Gasteiger partial charge on any atom is 0.121 e. The normalized spacial score (nSPS) is 19.9. The van der Waals surface area contributed by atoms with E-state index in [0.29, 0.717) is 13.2 Å². The van der Waals surface area contributed by atoms with Crippen LogP contribution >= 0.6 is 0 Å². The second kappa shape index (κ2) is 5.56. The Balaban J connectivity index is 1.68. The van der Waals surface area contributed by atoms with Gasteiger partial charge >= 0.3 is 0 Å². The van der Waals surface area contributed by atoms with Crippen molar-refractivity contribution in [1.82, 2.24) is 0 Å². The van der Waals surface area contributed by atoms with Gasteiger partial charge in [-0.25, -0.2) is 0 Å². The molecule has 1 aliphatic heterocycles. The van der Waals surface area contributed by atoms with E-state index in [1.54, 1.807) is 6.26 Å². The van der Waals surface area contributed by atoms with E-state index in [-0.39, 0.29) is 6.10 Å². The maximum absolute atomic E-state index is 5.60. The first-order chi connectivity index (χ1) is 7.45. The highest BCUT2D eigenvalue weighted by Gasteiger charge is 2.10. The standard InChI is InChI=1S/C13H16O2/c1-2-6-12(7-3-1)10-14-11-13-8-4-5-9-15-13/h1-3,5-7,9,13H,4,8,10-11H2/t13-/m0/s1. The lowest BCUT2D eigenvalue weighted by Crippen LogP contribution is -2.19. The van der Waals surface area contributed by atoms with Crippen molar-refractivity contribution >= 4 is 0 Å². The number of benzene rings is 1. The molecule has 0 radical (unpaired) electrons. The number of hydrogen-bond acceptors (Lipinski definition) is 2. The SMILES string of the molecule is C1=CO[C@H](COCc2ccccc2)CC1. The molecule has 0 saturated carbocycles. The summed E-state index contributed by atoms with van der Waals surface area (Å²) in [7, 11) is 0. The van der Waals surface area contributed by atoms with Gasteiger partial charge in [-0.15, -0.1) is 0 Å². The van der Waals surface area contributed by atoms with Gasteiger partial charge < -0.3 is 9.47 Å². The summed E-state index contributed by atoms with van der Waals surface area (Å²) in [5.41, 5.74) is 1.21. The molecule has 1 aromatic carbocycles. The van der Waals surface area contributed by atoms with Crippen LogP contribution in [-0.2, 0) is 16.1 Å². The van der Waals surface area contributed by atoms with E-state index < -0.39 is 0 Å². The summed E-state index contributed by atoms with van der Waals surface area (Å²) >= 11 is 0. The van der Waals surface area contributed by atoms with E-state index >= 15 is 0 Å². The molecule has 1 heterocycles. The van der Waals surface area contributed by atoms with Gasteiger partial charge in [-0.1, -0.05) is 30.3 Å². The average Bonchev–Trinajstić information content (AvgIpc) is 2.32. The summed E-state index contributed by atoms with van der Waals surface area (Å²) < 4.78 is 11.0. The Hall–Kier alpha value is -1.28. The third-order valence-electron chi connectivity index (χ3n) is 2.44. The van der Waals surface area contributed by atoms with Gasteiger partial charge in [0.05, 0.1) is 19.5 Å². The van der Waals surface area contributed by atoms with Gasteiger partial charge in [0.15, 0.2) is 0 Å². The van der Waals surface area contributed by atoms with Crippen molar-refractivity contribution in [3.8, 4) is 0 Å². The van der Waals surface area contributed by atoms with Crippen molar-refractivity contribution in [2.24, 2.45) is 0 Å².